The van der Waals surface area contributed by atoms with E-state index in [4.69, 9.17) is 4.42 Å². The van der Waals surface area contributed by atoms with E-state index in [2.05, 4.69) is 5.32 Å². The van der Waals surface area contributed by atoms with Crippen molar-refractivity contribution in [2.24, 2.45) is 0 Å². The van der Waals surface area contributed by atoms with Gasteiger partial charge in [-0.3, -0.25) is 4.79 Å². The van der Waals surface area contributed by atoms with Gasteiger partial charge < -0.3 is 14.8 Å². The molecule has 4 heteroatoms. The van der Waals surface area contributed by atoms with Crippen molar-refractivity contribution in [3.05, 3.63) is 84.3 Å². The van der Waals surface area contributed by atoms with Gasteiger partial charge in [-0.25, -0.2) is 0 Å². The molecule has 3 rings (SSSR count). The second-order valence-electron chi connectivity index (χ2n) is 5.85. The lowest BCUT2D eigenvalue weighted by molar-refractivity contribution is 0.0330. The molecular formula is C20H19NO3. The van der Waals surface area contributed by atoms with Crippen LogP contribution in [-0.2, 0) is 5.60 Å². The molecule has 24 heavy (non-hydrogen) atoms. The van der Waals surface area contributed by atoms with Crippen LogP contribution in [0.2, 0.25) is 0 Å². The molecule has 2 N–H and O–H groups in total. The maximum Gasteiger partial charge on any atom is 0.252 e. The minimum atomic E-state index is -1.26. The van der Waals surface area contributed by atoms with Gasteiger partial charge in [0.15, 0.2) is 0 Å². The number of furan rings is 1. The van der Waals surface area contributed by atoms with E-state index in [1.807, 2.05) is 48.5 Å². The van der Waals surface area contributed by atoms with Crippen LogP contribution >= 0.6 is 0 Å². The fourth-order valence-electron chi connectivity index (χ4n) is 2.57. The fraction of sp³-hybridized carbons (Fsp3) is 0.150. The summed E-state index contributed by atoms with van der Waals surface area (Å²) >= 11 is 0. The molecule has 2 aromatic carbocycles. The maximum absolute atomic E-state index is 12.6. The number of rotatable bonds is 5. The number of nitrogens with one attached hydrogen (secondary N) is 1. The van der Waals surface area contributed by atoms with Crippen molar-refractivity contribution in [1.82, 2.24) is 5.32 Å². The first-order valence-corrected chi connectivity index (χ1v) is 7.77. The second kappa shape index (κ2) is 6.72. The molecule has 0 fully saturated rings. The maximum atomic E-state index is 12.6. The van der Waals surface area contributed by atoms with Crippen LogP contribution in [0.15, 0.2) is 77.4 Å². The van der Waals surface area contributed by atoms with Crippen LogP contribution < -0.4 is 5.32 Å². The highest BCUT2D eigenvalue weighted by Gasteiger charge is 2.27. The Balaban J connectivity index is 1.79. The summed E-state index contributed by atoms with van der Waals surface area (Å²) in [7, 11) is 0. The molecule has 0 saturated carbocycles. The molecule has 0 spiro atoms. The third kappa shape index (κ3) is 3.39. The molecule has 0 saturated heterocycles. The normalized spacial score (nSPS) is 13.2. The quantitative estimate of drug-likeness (QED) is 0.755. The Morgan fingerprint density at radius 1 is 1.04 bits per heavy atom. The van der Waals surface area contributed by atoms with E-state index in [1.54, 1.807) is 25.1 Å². The monoisotopic (exact) mass is 321 g/mol. The molecule has 1 aromatic heterocycles. The van der Waals surface area contributed by atoms with Crippen molar-refractivity contribution in [2.45, 2.75) is 12.5 Å². The molecular weight excluding hydrogens is 302 g/mol. The summed E-state index contributed by atoms with van der Waals surface area (Å²) in [5, 5.41) is 13.2. The summed E-state index contributed by atoms with van der Waals surface area (Å²) in [4.78, 5) is 12.6. The Labute approximate surface area is 140 Å². The largest absolute Gasteiger partial charge is 0.466 e. The Morgan fingerprint density at radius 2 is 1.75 bits per heavy atom. The smallest absolute Gasteiger partial charge is 0.252 e. The highest BCUT2D eigenvalue weighted by atomic mass is 16.4. The van der Waals surface area contributed by atoms with Gasteiger partial charge in [0.1, 0.15) is 11.4 Å². The van der Waals surface area contributed by atoms with Gasteiger partial charge in [-0.05, 0) is 36.2 Å². The zero-order chi connectivity index (χ0) is 17.0. The average molecular weight is 321 g/mol. The summed E-state index contributed by atoms with van der Waals surface area (Å²) < 4.78 is 5.23. The molecule has 1 amide bonds. The van der Waals surface area contributed by atoms with Crippen molar-refractivity contribution in [2.75, 3.05) is 6.54 Å². The molecule has 0 unspecified atom stereocenters. The molecule has 1 atom stereocenters. The van der Waals surface area contributed by atoms with Crippen LogP contribution in [-0.4, -0.2) is 17.6 Å². The highest BCUT2D eigenvalue weighted by Crippen LogP contribution is 2.24. The fourth-order valence-corrected chi connectivity index (χ4v) is 2.57. The Morgan fingerprint density at radius 3 is 2.46 bits per heavy atom. The zero-order valence-electron chi connectivity index (χ0n) is 13.4. The van der Waals surface area contributed by atoms with Gasteiger partial charge in [-0.15, -0.1) is 0 Å². The molecule has 0 aliphatic heterocycles. The number of amides is 1. The van der Waals surface area contributed by atoms with E-state index >= 15 is 0 Å². The first kappa shape index (κ1) is 16.0. The predicted octanol–water partition coefficient (Wildman–Crippen LogP) is 3.58. The summed E-state index contributed by atoms with van der Waals surface area (Å²) in [6.07, 6.45) is 1.50. The minimum absolute atomic E-state index is 0.0580. The topological polar surface area (TPSA) is 62.5 Å². The standard InChI is InChI=1S/C20H19NO3/c1-20(23,18-12-7-13-24-18)14-21-19(22)17-11-6-5-10-16(17)15-8-3-2-4-9-15/h2-13,23H,14H2,1H3,(H,21,22)/t20-/m1/s1. The van der Waals surface area contributed by atoms with Gasteiger partial charge >= 0.3 is 0 Å². The van der Waals surface area contributed by atoms with Gasteiger partial charge in [0.05, 0.1) is 12.8 Å². The van der Waals surface area contributed by atoms with Crippen molar-refractivity contribution in [3.8, 4) is 11.1 Å². The van der Waals surface area contributed by atoms with Crippen LogP contribution in [0.25, 0.3) is 11.1 Å². The molecule has 3 aromatic rings. The van der Waals surface area contributed by atoms with Gasteiger partial charge in [0.25, 0.3) is 5.91 Å². The Hall–Kier alpha value is -2.85. The van der Waals surface area contributed by atoms with Crippen LogP contribution in [0.5, 0.6) is 0 Å². The van der Waals surface area contributed by atoms with Crippen molar-refractivity contribution in [1.29, 1.82) is 0 Å². The van der Waals surface area contributed by atoms with Crippen LogP contribution in [0, 0.1) is 0 Å². The van der Waals surface area contributed by atoms with E-state index in [1.165, 1.54) is 6.26 Å². The van der Waals surface area contributed by atoms with Crippen molar-refractivity contribution in [3.63, 3.8) is 0 Å². The molecule has 0 aliphatic carbocycles. The molecule has 122 valence electrons. The molecule has 0 bridgehead atoms. The third-order valence-electron chi connectivity index (χ3n) is 3.90. The van der Waals surface area contributed by atoms with E-state index in [0.29, 0.717) is 11.3 Å². The lowest BCUT2D eigenvalue weighted by atomic mass is 9.98. The van der Waals surface area contributed by atoms with Crippen molar-refractivity contribution >= 4 is 5.91 Å². The Bertz CT molecular complexity index is 808. The molecule has 1 heterocycles. The average Bonchev–Trinajstić information content (AvgIpc) is 3.16. The van der Waals surface area contributed by atoms with Crippen LogP contribution in [0.3, 0.4) is 0 Å². The van der Waals surface area contributed by atoms with Gasteiger partial charge in [-0.1, -0.05) is 48.5 Å². The second-order valence-corrected chi connectivity index (χ2v) is 5.85. The predicted molar refractivity (Wildman–Crippen MR) is 92.5 cm³/mol. The number of hydrogen-bond acceptors (Lipinski definition) is 3. The van der Waals surface area contributed by atoms with Gasteiger partial charge in [0.2, 0.25) is 0 Å². The van der Waals surface area contributed by atoms with E-state index in [0.717, 1.165) is 11.1 Å². The number of benzene rings is 2. The highest BCUT2D eigenvalue weighted by molar-refractivity contribution is 6.00. The Kier molecular flexibility index (Phi) is 4.49. The summed E-state index contributed by atoms with van der Waals surface area (Å²) in [6.45, 7) is 1.66. The van der Waals surface area contributed by atoms with E-state index < -0.39 is 5.60 Å². The summed E-state index contributed by atoms with van der Waals surface area (Å²) in [6, 6.07) is 20.5. The van der Waals surface area contributed by atoms with Gasteiger partial charge in [0, 0.05) is 5.56 Å². The molecule has 0 aliphatic rings. The third-order valence-corrected chi connectivity index (χ3v) is 3.90. The van der Waals surface area contributed by atoms with Crippen molar-refractivity contribution < 1.29 is 14.3 Å². The van der Waals surface area contributed by atoms with Crippen LogP contribution in [0.1, 0.15) is 23.0 Å². The summed E-state index contributed by atoms with van der Waals surface area (Å²) in [5.41, 5.74) is 1.13. The van der Waals surface area contributed by atoms with E-state index in [9.17, 15) is 9.90 Å². The first-order valence-electron chi connectivity index (χ1n) is 7.77. The lowest BCUT2D eigenvalue weighted by Gasteiger charge is -2.21. The lowest BCUT2D eigenvalue weighted by Crippen LogP contribution is -2.38. The molecule has 4 nitrogen and oxygen atoms in total. The number of hydrogen-bond donors (Lipinski definition) is 2. The first-order chi connectivity index (χ1) is 11.6. The molecule has 0 radical (unpaired) electrons. The number of carbonyl (C=O) groups excluding carboxylic acids is 1. The SMILES string of the molecule is C[C@@](O)(CNC(=O)c1ccccc1-c1ccccc1)c1ccco1. The minimum Gasteiger partial charge on any atom is -0.466 e. The zero-order valence-corrected chi connectivity index (χ0v) is 13.4. The number of aliphatic hydroxyl groups is 1. The van der Waals surface area contributed by atoms with Crippen LogP contribution in [0.4, 0.5) is 0 Å². The number of carbonyl (C=O) groups is 1. The van der Waals surface area contributed by atoms with Gasteiger partial charge in [-0.2, -0.15) is 0 Å². The van der Waals surface area contributed by atoms with E-state index in [-0.39, 0.29) is 12.5 Å². The summed E-state index contributed by atoms with van der Waals surface area (Å²) in [5.74, 6) is 0.181.